The van der Waals surface area contributed by atoms with Crippen LogP contribution in [0.4, 0.5) is 0 Å². The first-order valence-corrected chi connectivity index (χ1v) is 7.85. The minimum atomic E-state index is 0. The van der Waals surface area contributed by atoms with Crippen LogP contribution in [0.15, 0.2) is 48.5 Å². The Morgan fingerprint density at radius 2 is 0.840 bits per heavy atom. The minimum Gasteiger partial charge on any atom is -0.355 e. The van der Waals surface area contributed by atoms with Crippen LogP contribution in [0.5, 0.6) is 0 Å². The third-order valence-corrected chi connectivity index (χ3v) is 4.04. The second-order valence-electron chi connectivity index (χ2n) is 5.91. The minimum absolute atomic E-state index is 0. The smallest absolute Gasteiger partial charge is 0.0659 e. The molecule has 0 spiro atoms. The largest absolute Gasteiger partial charge is 0.355 e. The van der Waals surface area contributed by atoms with Crippen LogP contribution in [0.1, 0.15) is 22.8 Å². The molecule has 3 aromatic rings. The van der Waals surface area contributed by atoms with E-state index in [1.165, 1.54) is 0 Å². The number of rotatable bonds is 0. The number of nitrogens with one attached hydrogen (secondary N) is 2. The second kappa shape index (κ2) is 6.20. The number of hydrogen-bond donors (Lipinski definition) is 2. The van der Waals surface area contributed by atoms with Gasteiger partial charge in [0.25, 0.3) is 0 Å². The molecule has 0 saturated heterocycles. The third-order valence-electron chi connectivity index (χ3n) is 4.04. The topological polar surface area (TPSA) is 57.4 Å². The Bertz CT molecular complexity index is 1080. The standard InChI is InChI=1S/C20H14N4.Mn/c1-2-14-10-16-5-6-18(23-16)12-20-8-7-19(24-20)11-17-4-3-15(22-17)9-13(1)21-14;/h1-12,21-22H;. The van der Waals surface area contributed by atoms with Crippen molar-refractivity contribution >= 4 is 46.4 Å². The van der Waals surface area contributed by atoms with Crippen molar-refractivity contribution in [3.63, 3.8) is 0 Å². The number of hydrogen-bond acceptors (Lipinski definition) is 2. The van der Waals surface area contributed by atoms with Gasteiger partial charge in [0, 0.05) is 39.1 Å². The number of H-pyrrole nitrogens is 2. The Morgan fingerprint density at radius 3 is 1.28 bits per heavy atom. The van der Waals surface area contributed by atoms with Crippen LogP contribution in [0.25, 0.3) is 46.4 Å². The molecule has 0 atom stereocenters. The second-order valence-corrected chi connectivity index (χ2v) is 5.91. The van der Waals surface area contributed by atoms with Crippen LogP contribution in [0.2, 0.25) is 0 Å². The van der Waals surface area contributed by atoms with E-state index in [1.807, 2.05) is 42.5 Å². The molecule has 5 heterocycles. The summed E-state index contributed by atoms with van der Waals surface area (Å²) in [5.41, 5.74) is 7.86. The Balaban J connectivity index is 0.00000157. The summed E-state index contributed by atoms with van der Waals surface area (Å²) >= 11 is 0. The molecular formula is C20H14MnN4. The van der Waals surface area contributed by atoms with Crippen molar-refractivity contribution < 1.29 is 17.1 Å². The first-order chi connectivity index (χ1) is 11.8. The summed E-state index contributed by atoms with van der Waals surface area (Å²) in [6, 6.07) is 16.4. The summed E-state index contributed by atoms with van der Waals surface area (Å²) in [6.45, 7) is 0. The van der Waals surface area contributed by atoms with Gasteiger partial charge in [0.05, 0.1) is 22.8 Å². The summed E-state index contributed by atoms with van der Waals surface area (Å²) in [6.07, 6.45) is 8.05. The van der Waals surface area contributed by atoms with Crippen LogP contribution in [-0.2, 0) is 17.1 Å². The molecule has 25 heavy (non-hydrogen) atoms. The predicted octanol–water partition coefficient (Wildman–Crippen LogP) is 4.65. The van der Waals surface area contributed by atoms with Crippen molar-refractivity contribution in [3.05, 3.63) is 71.3 Å². The molecule has 0 amide bonds. The van der Waals surface area contributed by atoms with Gasteiger partial charge in [0.1, 0.15) is 0 Å². The molecule has 0 unspecified atom stereocenters. The van der Waals surface area contributed by atoms with Crippen molar-refractivity contribution in [2.24, 2.45) is 0 Å². The number of fused-ring (bicyclic) bond motifs is 8. The molecule has 0 saturated carbocycles. The molecule has 1 radical (unpaired) electrons. The number of aromatic amines is 2. The van der Waals surface area contributed by atoms with Gasteiger partial charge in [-0.15, -0.1) is 0 Å². The number of aromatic nitrogens is 4. The van der Waals surface area contributed by atoms with Crippen LogP contribution < -0.4 is 0 Å². The summed E-state index contributed by atoms with van der Waals surface area (Å²) < 4.78 is 0. The van der Waals surface area contributed by atoms with Gasteiger partial charge in [0.2, 0.25) is 0 Å². The van der Waals surface area contributed by atoms with Crippen molar-refractivity contribution in [2.75, 3.05) is 0 Å². The maximum absolute atomic E-state index is 4.62. The van der Waals surface area contributed by atoms with Gasteiger partial charge in [-0.2, -0.15) is 0 Å². The number of nitrogens with zero attached hydrogens (tertiary/aromatic N) is 2. The third kappa shape index (κ3) is 3.20. The van der Waals surface area contributed by atoms with Crippen molar-refractivity contribution in [2.45, 2.75) is 0 Å². The van der Waals surface area contributed by atoms with Crippen LogP contribution in [-0.4, -0.2) is 19.9 Å². The van der Waals surface area contributed by atoms with E-state index in [0.29, 0.717) is 0 Å². The molecule has 0 fully saturated rings. The zero-order valence-corrected chi connectivity index (χ0v) is 14.4. The van der Waals surface area contributed by atoms with Crippen LogP contribution in [0, 0.1) is 0 Å². The van der Waals surface area contributed by atoms with E-state index in [9.17, 15) is 0 Å². The van der Waals surface area contributed by atoms with E-state index in [2.05, 4.69) is 50.3 Å². The summed E-state index contributed by atoms with van der Waals surface area (Å²) in [4.78, 5) is 16.0. The quantitative estimate of drug-likeness (QED) is 0.393. The van der Waals surface area contributed by atoms with Gasteiger partial charge in [0.15, 0.2) is 0 Å². The van der Waals surface area contributed by atoms with E-state index >= 15 is 0 Å². The van der Waals surface area contributed by atoms with Crippen LogP contribution in [0.3, 0.4) is 0 Å². The molecule has 4 nitrogen and oxygen atoms in total. The Morgan fingerprint density at radius 1 is 0.480 bits per heavy atom. The fourth-order valence-corrected chi connectivity index (χ4v) is 2.94. The molecule has 121 valence electrons. The molecule has 5 heteroatoms. The molecule has 0 aliphatic carbocycles. The first kappa shape index (κ1) is 15.6. The van der Waals surface area contributed by atoms with Crippen molar-refractivity contribution in [3.8, 4) is 0 Å². The van der Waals surface area contributed by atoms with Gasteiger partial charge >= 0.3 is 0 Å². The maximum Gasteiger partial charge on any atom is 0.0659 e. The van der Waals surface area contributed by atoms with Crippen molar-refractivity contribution in [1.29, 1.82) is 0 Å². The molecule has 5 rings (SSSR count). The molecule has 2 aliphatic heterocycles. The molecule has 8 bridgehead atoms. The van der Waals surface area contributed by atoms with Crippen LogP contribution >= 0.6 is 0 Å². The first-order valence-electron chi connectivity index (χ1n) is 7.85. The molecule has 0 aromatic carbocycles. The van der Waals surface area contributed by atoms with Gasteiger partial charge in [-0.3, -0.25) is 0 Å². The Hall–Kier alpha value is -2.88. The van der Waals surface area contributed by atoms with E-state index in [-0.39, 0.29) is 17.1 Å². The molecule has 2 N–H and O–H groups in total. The Labute approximate surface area is 154 Å². The SMILES string of the molecule is C1=Cc2cc3ccc(cc4ccc(cc5nc(cc1n2)C=C5)[nH]4)[nH]3.[Mn]. The van der Waals surface area contributed by atoms with Gasteiger partial charge in [-0.1, -0.05) is 0 Å². The summed E-state index contributed by atoms with van der Waals surface area (Å²) in [5.74, 6) is 0. The zero-order chi connectivity index (χ0) is 15.9. The van der Waals surface area contributed by atoms with E-state index in [4.69, 9.17) is 0 Å². The molecular weight excluding hydrogens is 351 g/mol. The van der Waals surface area contributed by atoms with Crippen molar-refractivity contribution in [1.82, 2.24) is 19.9 Å². The fourth-order valence-electron chi connectivity index (χ4n) is 2.94. The predicted molar refractivity (Wildman–Crippen MR) is 98.9 cm³/mol. The van der Waals surface area contributed by atoms with Gasteiger partial charge < -0.3 is 9.97 Å². The summed E-state index contributed by atoms with van der Waals surface area (Å²) in [7, 11) is 0. The Kier molecular flexibility index (Phi) is 3.88. The normalized spacial score (nSPS) is 12.2. The van der Waals surface area contributed by atoms with E-state index < -0.39 is 0 Å². The van der Waals surface area contributed by atoms with Gasteiger partial charge in [-0.25, -0.2) is 9.97 Å². The average Bonchev–Trinajstić information content (AvgIpc) is 3.32. The molecule has 3 aromatic heterocycles. The monoisotopic (exact) mass is 365 g/mol. The van der Waals surface area contributed by atoms with E-state index in [1.54, 1.807) is 0 Å². The van der Waals surface area contributed by atoms with E-state index in [0.717, 1.165) is 44.8 Å². The van der Waals surface area contributed by atoms with Gasteiger partial charge in [-0.05, 0) is 72.8 Å². The fraction of sp³-hybridized carbons (Fsp3) is 0. The molecule has 2 aliphatic rings. The zero-order valence-electron chi connectivity index (χ0n) is 13.2. The maximum atomic E-state index is 4.62. The summed E-state index contributed by atoms with van der Waals surface area (Å²) in [5, 5.41) is 0. The average molecular weight is 365 g/mol.